The highest BCUT2D eigenvalue weighted by molar-refractivity contribution is 9.10. The average molecular weight is 392 g/mol. The number of nitrogens with zero attached hydrogens (tertiary/aromatic N) is 1. The summed E-state index contributed by atoms with van der Waals surface area (Å²) in [6.07, 6.45) is 0.0580. The zero-order chi connectivity index (χ0) is 17.5. The van der Waals surface area contributed by atoms with Crippen molar-refractivity contribution in [1.29, 1.82) is 0 Å². The molecule has 0 saturated carbocycles. The monoisotopic (exact) mass is 391 g/mol. The van der Waals surface area contributed by atoms with Gasteiger partial charge in [0.15, 0.2) is 0 Å². The second-order valence-electron chi connectivity index (χ2n) is 4.84. The highest BCUT2D eigenvalue weighted by Gasteiger charge is 2.18. The number of hydrogen-bond acceptors (Lipinski definition) is 4. The van der Waals surface area contributed by atoms with Crippen molar-refractivity contribution in [2.45, 2.75) is 6.42 Å². The fourth-order valence-electron chi connectivity index (χ4n) is 1.97. The standard InChI is InChI=1S/C16H14BrN3O4/c17-11-5-7-12(8-6-11)19-15(21)9-10-18-16(22)13-3-1-2-4-14(13)20(23)24/h1-8H,9-10H2,(H,18,22)(H,19,21). The number of nitro groups is 1. The molecule has 0 bridgehead atoms. The molecule has 2 amide bonds. The number of rotatable bonds is 6. The Morgan fingerprint density at radius 2 is 1.75 bits per heavy atom. The lowest BCUT2D eigenvalue weighted by atomic mass is 10.1. The largest absolute Gasteiger partial charge is 0.351 e. The van der Waals surface area contributed by atoms with Gasteiger partial charge >= 0.3 is 0 Å². The van der Waals surface area contributed by atoms with Crippen LogP contribution in [0, 0.1) is 10.1 Å². The molecule has 124 valence electrons. The predicted octanol–water partition coefficient (Wildman–Crippen LogP) is 3.12. The zero-order valence-corrected chi connectivity index (χ0v) is 14.1. The van der Waals surface area contributed by atoms with E-state index in [1.807, 2.05) is 0 Å². The highest BCUT2D eigenvalue weighted by Crippen LogP contribution is 2.17. The number of hydrogen-bond donors (Lipinski definition) is 2. The normalized spacial score (nSPS) is 10.0. The van der Waals surface area contributed by atoms with Crippen LogP contribution in [0.2, 0.25) is 0 Å². The number of benzene rings is 2. The maximum atomic E-state index is 12.0. The first kappa shape index (κ1) is 17.6. The summed E-state index contributed by atoms with van der Waals surface area (Å²) in [6, 6.07) is 12.7. The van der Waals surface area contributed by atoms with Crippen LogP contribution < -0.4 is 10.6 Å². The fourth-order valence-corrected chi connectivity index (χ4v) is 2.23. The summed E-state index contributed by atoms with van der Waals surface area (Å²) >= 11 is 3.30. The quantitative estimate of drug-likeness (QED) is 0.583. The lowest BCUT2D eigenvalue weighted by Crippen LogP contribution is -2.28. The molecule has 24 heavy (non-hydrogen) atoms. The summed E-state index contributed by atoms with van der Waals surface area (Å²) in [4.78, 5) is 34.1. The van der Waals surface area contributed by atoms with Gasteiger partial charge in [0, 0.05) is 29.2 Å². The van der Waals surface area contributed by atoms with Crippen LogP contribution in [0.1, 0.15) is 16.8 Å². The SMILES string of the molecule is O=C(CCNC(=O)c1ccccc1[N+](=O)[O-])Nc1ccc(Br)cc1. The van der Waals surface area contributed by atoms with Gasteiger partial charge in [0.25, 0.3) is 11.6 Å². The molecule has 0 unspecified atom stereocenters. The fraction of sp³-hybridized carbons (Fsp3) is 0.125. The summed E-state index contributed by atoms with van der Waals surface area (Å²) in [5.41, 5.74) is 0.346. The van der Waals surface area contributed by atoms with Crippen LogP contribution in [0.5, 0.6) is 0 Å². The van der Waals surface area contributed by atoms with Crippen molar-refractivity contribution in [3.8, 4) is 0 Å². The van der Waals surface area contributed by atoms with Gasteiger partial charge in [-0.15, -0.1) is 0 Å². The van der Waals surface area contributed by atoms with Crippen molar-refractivity contribution in [3.63, 3.8) is 0 Å². The minimum Gasteiger partial charge on any atom is -0.351 e. The molecule has 0 atom stereocenters. The Balaban J connectivity index is 1.85. The molecule has 0 saturated heterocycles. The second-order valence-corrected chi connectivity index (χ2v) is 5.75. The number of carbonyl (C=O) groups excluding carboxylic acids is 2. The molecule has 0 aromatic heterocycles. The molecule has 2 aromatic carbocycles. The van der Waals surface area contributed by atoms with E-state index in [1.54, 1.807) is 30.3 Å². The third-order valence-electron chi connectivity index (χ3n) is 3.11. The van der Waals surface area contributed by atoms with Gasteiger partial charge in [0.1, 0.15) is 5.56 Å². The summed E-state index contributed by atoms with van der Waals surface area (Å²) < 4.78 is 0.900. The van der Waals surface area contributed by atoms with E-state index in [4.69, 9.17) is 0 Å². The van der Waals surface area contributed by atoms with Crippen LogP contribution in [0.4, 0.5) is 11.4 Å². The van der Waals surface area contributed by atoms with Gasteiger partial charge in [-0.2, -0.15) is 0 Å². The van der Waals surface area contributed by atoms with Crippen molar-refractivity contribution >= 4 is 39.1 Å². The molecule has 0 radical (unpaired) electrons. The Kier molecular flexibility index (Phi) is 6.02. The minimum absolute atomic E-state index is 0.0317. The third kappa shape index (κ3) is 4.88. The lowest BCUT2D eigenvalue weighted by molar-refractivity contribution is -0.385. The highest BCUT2D eigenvalue weighted by atomic mass is 79.9. The Hall–Kier alpha value is -2.74. The second kappa shape index (κ2) is 8.21. The Morgan fingerprint density at radius 1 is 1.08 bits per heavy atom. The molecule has 2 N–H and O–H groups in total. The van der Waals surface area contributed by atoms with E-state index in [9.17, 15) is 19.7 Å². The number of anilines is 1. The van der Waals surface area contributed by atoms with Crippen molar-refractivity contribution in [3.05, 3.63) is 68.7 Å². The van der Waals surface area contributed by atoms with E-state index >= 15 is 0 Å². The molecule has 0 spiro atoms. The number of halogens is 1. The van der Waals surface area contributed by atoms with Crippen molar-refractivity contribution in [2.75, 3.05) is 11.9 Å². The molecular weight excluding hydrogens is 378 g/mol. The molecule has 0 heterocycles. The van der Waals surface area contributed by atoms with Crippen LogP contribution in [-0.4, -0.2) is 23.3 Å². The average Bonchev–Trinajstić information content (AvgIpc) is 2.56. The maximum absolute atomic E-state index is 12.0. The summed E-state index contributed by atoms with van der Waals surface area (Å²) in [5, 5.41) is 16.1. The Morgan fingerprint density at radius 3 is 2.42 bits per heavy atom. The maximum Gasteiger partial charge on any atom is 0.282 e. The Bertz CT molecular complexity index is 762. The van der Waals surface area contributed by atoms with Gasteiger partial charge < -0.3 is 10.6 Å². The number of para-hydroxylation sites is 1. The number of carbonyl (C=O) groups is 2. The van der Waals surface area contributed by atoms with E-state index in [-0.39, 0.29) is 30.1 Å². The van der Waals surface area contributed by atoms with Crippen molar-refractivity contribution in [2.24, 2.45) is 0 Å². The minimum atomic E-state index is -0.616. The van der Waals surface area contributed by atoms with Gasteiger partial charge in [-0.25, -0.2) is 0 Å². The van der Waals surface area contributed by atoms with Crippen molar-refractivity contribution in [1.82, 2.24) is 5.32 Å². The van der Waals surface area contributed by atoms with E-state index in [0.717, 1.165) is 4.47 Å². The molecule has 2 rings (SSSR count). The van der Waals surface area contributed by atoms with Crippen LogP contribution in [-0.2, 0) is 4.79 Å². The van der Waals surface area contributed by atoms with Gasteiger partial charge in [0.05, 0.1) is 4.92 Å². The van der Waals surface area contributed by atoms with Gasteiger partial charge in [-0.05, 0) is 30.3 Å². The molecule has 0 aliphatic rings. The van der Waals surface area contributed by atoms with Crippen LogP contribution in [0.25, 0.3) is 0 Å². The van der Waals surface area contributed by atoms with Gasteiger partial charge in [0.2, 0.25) is 5.91 Å². The van der Waals surface area contributed by atoms with E-state index in [2.05, 4.69) is 26.6 Å². The third-order valence-corrected chi connectivity index (χ3v) is 3.64. The Labute approximate surface area is 146 Å². The number of amides is 2. The number of nitro benzene ring substituents is 1. The summed E-state index contributed by atoms with van der Waals surface area (Å²) in [6.45, 7) is 0.0766. The molecule has 0 aliphatic carbocycles. The molecule has 0 fully saturated rings. The van der Waals surface area contributed by atoms with Crippen LogP contribution in [0.15, 0.2) is 53.0 Å². The van der Waals surface area contributed by atoms with Crippen LogP contribution >= 0.6 is 15.9 Å². The number of nitrogens with one attached hydrogen (secondary N) is 2. The van der Waals surface area contributed by atoms with E-state index in [0.29, 0.717) is 5.69 Å². The van der Waals surface area contributed by atoms with E-state index < -0.39 is 10.8 Å². The topological polar surface area (TPSA) is 101 Å². The first-order valence-electron chi connectivity index (χ1n) is 7.04. The molecule has 8 heteroatoms. The predicted molar refractivity (Wildman–Crippen MR) is 92.8 cm³/mol. The molecule has 2 aromatic rings. The van der Waals surface area contributed by atoms with E-state index in [1.165, 1.54) is 18.2 Å². The summed E-state index contributed by atoms with van der Waals surface area (Å²) in [7, 11) is 0. The summed E-state index contributed by atoms with van der Waals surface area (Å²) in [5.74, 6) is -0.848. The molecular formula is C16H14BrN3O4. The molecule has 7 nitrogen and oxygen atoms in total. The molecule has 0 aliphatic heterocycles. The van der Waals surface area contributed by atoms with Crippen LogP contribution in [0.3, 0.4) is 0 Å². The lowest BCUT2D eigenvalue weighted by Gasteiger charge is -2.07. The smallest absolute Gasteiger partial charge is 0.282 e. The van der Waals surface area contributed by atoms with Gasteiger partial charge in [-0.3, -0.25) is 19.7 Å². The van der Waals surface area contributed by atoms with Gasteiger partial charge in [-0.1, -0.05) is 28.1 Å². The first-order valence-corrected chi connectivity index (χ1v) is 7.83. The first-order chi connectivity index (χ1) is 11.5. The van der Waals surface area contributed by atoms with Crippen molar-refractivity contribution < 1.29 is 14.5 Å². The zero-order valence-electron chi connectivity index (χ0n) is 12.5.